The number of fused-ring (bicyclic) bond motifs is 5. The first-order valence-corrected chi connectivity index (χ1v) is 15.8. The van der Waals surface area contributed by atoms with Gasteiger partial charge in [0, 0.05) is 33.0 Å². The smallest absolute Gasteiger partial charge is 0.164 e. The van der Waals surface area contributed by atoms with Gasteiger partial charge in [0.25, 0.3) is 0 Å². The Morgan fingerprint density at radius 1 is 0.362 bits per heavy atom. The van der Waals surface area contributed by atoms with Crippen LogP contribution in [0.25, 0.3) is 83.6 Å². The first-order valence-electron chi connectivity index (χ1n) is 15.8. The lowest BCUT2D eigenvalue weighted by atomic mass is 10.0. The molecule has 0 N–H and O–H groups in total. The van der Waals surface area contributed by atoms with Crippen molar-refractivity contribution in [2.75, 3.05) is 0 Å². The molecule has 0 bridgehead atoms. The number of benzene rings is 7. The number of hydrogen-bond acceptors (Lipinski definition) is 3. The maximum absolute atomic E-state index is 5.06. The van der Waals surface area contributed by atoms with E-state index in [2.05, 4.69) is 114 Å². The van der Waals surface area contributed by atoms with E-state index in [1.54, 1.807) is 0 Å². The van der Waals surface area contributed by atoms with Crippen molar-refractivity contribution in [3.05, 3.63) is 170 Å². The fourth-order valence-electron chi connectivity index (χ4n) is 6.65. The topological polar surface area (TPSA) is 43.6 Å². The summed E-state index contributed by atoms with van der Waals surface area (Å²) in [6.45, 7) is 0. The molecule has 0 fully saturated rings. The van der Waals surface area contributed by atoms with Crippen LogP contribution in [0.5, 0.6) is 0 Å². The zero-order valence-corrected chi connectivity index (χ0v) is 25.5. The Morgan fingerprint density at radius 2 is 0.894 bits per heavy atom. The molecular weight excluding hydrogens is 573 g/mol. The molecule has 9 aromatic rings. The minimum absolute atomic E-state index is 0.629. The van der Waals surface area contributed by atoms with Crippen LogP contribution in [0.1, 0.15) is 0 Å². The van der Waals surface area contributed by atoms with Crippen LogP contribution in [0.2, 0.25) is 0 Å². The van der Waals surface area contributed by atoms with Gasteiger partial charge >= 0.3 is 0 Å². The molecule has 0 saturated carbocycles. The van der Waals surface area contributed by atoms with Crippen LogP contribution in [-0.2, 0) is 0 Å². The Bertz CT molecular complexity index is 2500. The van der Waals surface area contributed by atoms with Crippen LogP contribution in [0.4, 0.5) is 0 Å². The van der Waals surface area contributed by atoms with E-state index in [1.807, 2.05) is 60.7 Å². The van der Waals surface area contributed by atoms with Crippen LogP contribution < -0.4 is 0 Å². The SMILES string of the molecule is c1ccc(-c2nc(-c3ccccc3)nc(-c3ccc(-c4ccccc4)c(-n4c5ccccc5c5c6ccccc6ccc54)c3)n2)cc1. The maximum atomic E-state index is 5.06. The van der Waals surface area contributed by atoms with Gasteiger partial charge in [0.15, 0.2) is 17.5 Å². The normalized spacial score (nSPS) is 11.4. The van der Waals surface area contributed by atoms with Crippen molar-refractivity contribution < 1.29 is 0 Å². The Labute approximate surface area is 272 Å². The van der Waals surface area contributed by atoms with Crippen LogP contribution in [-0.4, -0.2) is 19.5 Å². The highest BCUT2D eigenvalue weighted by atomic mass is 15.0. The molecule has 4 nitrogen and oxygen atoms in total. The zero-order valence-electron chi connectivity index (χ0n) is 25.5. The van der Waals surface area contributed by atoms with Crippen molar-refractivity contribution in [1.82, 2.24) is 19.5 Å². The van der Waals surface area contributed by atoms with Gasteiger partial charge < -0.3 is 4.57 Å². The zero-order chi connectivity index (χ0) is 31.2. The van der Waals surface area contributed by atoms with Gasteiger partial charge in [-0.25, -0.2) is 15.0 Å². The van der Waals surface area contributed by atoms with Crippen molar-refractivity contribution in [3.8, 4) is 51.0 Å². The molecule has 2 heterocycles. The van der Waals surface area contributed by atoms with Gasteiger partial charge in [-0.3, -0.25) is 0 Å². The number of nitrogens with zero attached hydrogens (tertiary/aromatic N) is 4. The highest BCUT2D eigenvalue weighted by molar-refractivity contribution is 6.21. The largest absolute Gasteiger partial charge is 0.309 e. The third-order valence-corrected chi connectivity index (χ3v) is 8.84. The van der Waals surface area contributed by atoms with Crippen molar-refractivity contribution >= 4 is 32.6 Å². The lowest BCUT2D eigenvalue weighted by molar-refractivity contribution is 1.07. The van der Waals surface area contributed by atoms with Crippen molar-refractivity contribution in [3.63, 3.8) is 0 Å². The average molecular weight is 601 g/mol. The number of aromatic nitrogens is 4. The Kier molecular flexibility index (Phi) is 6.43. The molecule has 9 rings (SSSR count). The third-order valence-electron chi connectivity index (χ3n) is 8.84. The average Bonchev–Trinajstić information content (AvgIpc) is 3.50. The second-order valence-corrected chi connectivity index (χ2v) is 11.7. The molecule has 0 spiro atoms. The molecule has 0 aliphatic heterocycles. The molecule has 0 aliphatic rings. The molecule has 0 amide bonds. The maximum Gasteiger partial charge on any atom is 0.164 e. The Morgan fingerprint density at radius 3 is 1.55 bits per heavy atom. The highest BCUT2D eigenvalue weighted by Crippen LogP contribution is 2.40. The molecule has 7 aromatic carbocycles. The summed E-state index contributed by atoms with van der Waals surface area (Å²) in [5.74, 6) is 1.92. The summed E-state index contributed by atoms with van der Waals surface area (Å²) in [7, 11) is 0. The predicted octanol–water partition coefficient (Wildman–Crippen LogP) is 10.8. The predicted molar refractivity (Wildman–Crippen MR) is 193 cm³/mol. The lowest BCUT2D eigenvalue weighted by Crippen LogP contribution is -2.02. The summed E-state index contributed by atoms with van der Waals surface area (Å²) >= 11 is 0. The molecule has 0 aliphatic carbocycles. The molecular formula is C43H28N4. The van der Waals surface area contributed by atoms with Crippen LogP contribution >= 0.6 is 0 Å². The first-order chi connectivity index (χ1) is 23.3. The minimum Gasteiger partial charge on any atom is -0.309 e. The number of para-hydroxylation sites is 1. The molecule has 0 atom stereocenters. The van der Waals surface area contributed by atoms with Crippen molar-refractivity contribution in [1.29, 1.82) is 0 Å². The quantitative estimate of drug-likeness (QED) is 0.197. The Hall–Kier alpha value is -6.39. The molecule has 2 aromatic heterocycles. The van der Waals surface area contributed by atoms with Gasteiger partial charge in [-0.05, 0) is 34.5 Å². The van der Waals surface area contributed by atoms with E-state index >= 15 is 0 Å². The van der Waals surface area contributed by atoms with Gasteiger partial charge in [0.05, 0.1) is 16.7 Å². The van der Waals surface area contributed by atoms with E-state index in [0.717, 1.165) is 44.5 Å². The van der Waals surface area contributed by atoms with Gasteiger partial charge in [-0.15, -0.1) is 0 Å². The van der Waals surface area contributed by atoms with Gasteiger partial charge in [-0.2, -0.15) is 0 Å². The van der Waals surface area contributed by atoms with E-state index < -0.39 is 0 Å². The van der Waals surface area contributed by atoms with Crippen molar-refractivity contribution in [2.45, 2.75) is 0 Å². The highest BCUT2D eigenvalue weighted by Gasteiger charge is 2.19. The molecule has 220 valence electrons. The van der Waals surface area contributed by atoms with Gasteiger partial charge in [0.1, 0.15) is 0 Å². The summed E-state index contributed by atoms with van der Waals surface area (Å²) in [6, 6.07) is 59.2. The summed E-state index contributed by atoms with van der Waals surface area (Å²) in [4.78, 5) is 15.0. The first kappa shape index (κ1) is 27.0. The van der Waals surface area contributed by atoms with E-state index in [0.29, 0.717) is 17.5 Å². The van der Waals surface area contributed by atoms with Gasteiger partial charge in [0.2, 0.25) is 0 Å². The van der Waals surface area contributed by atoms with Crippen LogP contribution in [0.3, 0.4) is 0 Å². The molecule has 0 radical (unpaired) electrons. The molecule has 47 heavy (non-hydrogen) atoms. The monoisotopic (exact) mass is 600 g/mol. The van der Waals surface area contributed by atoms with E-state index in [1.165, 1.54) is 21.5 Å². The van der Waals surface area contributed by atoms with Crippen LogP contribution in [0, 0.1) is 0 Å². The number of rotatable bonds is 5. The molecule has 0 saturated heterocycles. The van der Waals surface area contributed by atoms with E-state index in [4.69, 9.17) is 15.0 Å². The fourth-order valence-corrected chi connectivity index (χ4v) is 6.65. The second kappa shape index (κ2) is 11.2. The van der Waals surface area contributed by atoms with Crippen LogP contribution in [0.15, 0.2) is 170 Å². The lowest BCUT2D eigenvalue weighted by Gasteiger charge is -2.16. The summed E-state index contributed by atoms with van der Waals surface area (Å²) in [5, 5.41) is 4.95. The molecule has 0 unspecified atom stereocenters. The fraction of sp³-hybridized carbons (Fsp3) is 0. The standard InChI is InChI=1S/C43H28N4/c1-4-14-29(15-5-1)34-26-24-33(43-45-41(31-17-6-2-7-18-31)44-42(46-43)32-19-8-3-9-20-32)28-39(34)47-37-23-13-12-22-36(37)40-35-21-11-10-16-30(35)25-27-38(40)47/h1-28H. The minimum atomic E-state index is 0.629. The summed E-state index contributed by atoms with van der Waals surface area (Å²) < 4.78 is 2.40. The number of hydrogen-bond donors (Lipinski definition) is 0. The van der Waals surface area contributed by atoms with Gasteiger partial charge in [-0.1, -0.05) is 152 Å². The third kappa shape index (κ3) is 4.66. The second-order valence-electron chi connectivity index (χ2n) is 11.7. The summed E-state index contributed by atoms with van der Waals surface area (Å²) in [6.07, 6.45) is 0. The summed E-state index contributed by atoms with van der Waals surface area (Å²) in [5.41, 5.74) is 8.47. The Balaban J connectivity index is 1.35. The van der Waals surface area contributed by atoms with E-state index in [-0.39, 0.29) is 0 Å². The van der Waals surface area contributed by atoms with E-state index in [9.17, 15) is 0 Å². The molecule has 4 heteroatoms. The van der Waals surface area contributed by atoms with Crippen molar-refractivity contribution in [2.24, 2.45) is 0 Å².